The largest absolute Gasteiger partial charge is 0.508 e. The molecule has 0 unspecified atom stereocenters. The predicted octanol–water partition coefficient (Wildman–Crippen LogP) is 4.99. The van der Waals surface area contributed by atoms with Crippen LogP contribution < -0.4 is 14.9 Å². The number of nitrogens with zero attached hydrogens (tertiary/aromatic N) is 1. The Balaban J connectivity index is 1.46. The number of fused-ring (bicyclic) bond motifs is 1. The van der Waals surface area contributed by atoms with E-state index in [0.29, 0.717) is 30.3 Å². The second-order valence-electron chi connectivity index (χ2n) is 7.47. The molecule has 4 aromatic rings. The van der Waals surface area contributed by atoms with Crippen molar-refractivity contribution < 1.29 is 24.5 Å². The fourth-order valence-electron chi connectivity index (χ4n) is 3.50. The molecule has 34 heavy (non-hydrogen) atoms. The summed E-state index contributed by atoms with van der Waals surface area (Å²) < 4.78 is 11.8. The number of amides is 1. The molecule has 0 saturated heterocycles. The van der Waals surface area contributed by atoms with Gasteiger partial charge in [-0.05, 0) is 59.2 Å². The number of hydrogen-bond acceptors (Lipinski definition) is 6. The first-order valence-electron chi connectivity index (χ1n) is 10.8. The van der Waals surface area contributed by atoms with E-state index < -0.39 is 5.91 Å². The molecule has 0 aliphatic rings. The van der Waals surface area contributed by atoms with Gasteiger partial charge >= 0.3 is 0 Å². The Morgan fingerprint density at radius 2 is 1.76 bits per heavy atom. The standard InChI is InChI=1S/C27H24N2O5/c1-2-33-26-14-18(16-28-29-27(32)23-12-11-21(30)15-24(23)31)10-13-25(26)34-17-20-8-5-7-19-6-3-4-9-22(19)20/h3-16,30-31H,2,17H2,1H3,(H,29,32). The lowest BCUT2D eigenvalue weighted by atomic mass is 10.1. The topological polar surface area (TPSA) is 100 Å². The summed E-state index contributed by atoms with van der Waals surface area (Å²) in [5.74, 6) is 0.0933. The molecule has 0 aliphatic carbocycles. The number of hydrazone groups is 1. The second kappa shape index (κ2) is 10.4. The van der Waals surface area contributed by atoms with Crippen molar-refractivity contribution in [1.82, 2.24) is 5.43 Å². The number of carbonyl (C=O) groups excluding carboxylic acids is 1. The number of benzene rings is 4. The minimum atomic E-state index is -0.603. The molecule has 0 heterocycles. The van der Waals surface area contributed by atoms with Crippen molar-refractivity contribution in [3.05, 3.63) is 95.6 Å². The molecule has 7 nitrogen and oxygen atoms in total. The molecule has 4 aromatic carbocycles. The van der Waals surface area contributed by atoms with Crippen LogP contribution in [0.1, 0.15) is 28.4 Å². The number of carbonyl (C=O) groups is 1. The third-order valence-electron chi connectivity index (χ3n) is 5.14. The first kappa shape index (κ1) is 22.7. The molecule has 0 atom stereocenters. The molecule has 0 radical (unpaired) electrons. The highest BCUT2D eigenvalue weighted by atomic mass is 16.5. The zero-order valence-corrected chi connectivity index (χ0v) is 18.6. The van der Waals surface area contributed by atoms with Gasteiger partial charge in [0.1, 0.15) is 18.1 Å². The lowest BCUT2D eigenvalue weighted by Crippen LogP contribution is -2.17. The molecule has 0 saturated carbocycles. The maximum atomic E-state index is 12.2. The van der Waals surface area contributed by atoms with E-state index in [2.05, 4.69) is 28.7 Å². The van der Waals surface area contributed by atoms with Gasteiger partial charge in [0.05, 0.1) is 18.4 Å². The highest BCUT2D eigenvalue weighted by Crippen LogP contribution is 2.30. The van der Waals surface area contributed by atoms with Gasteiger partial charge in [0.2, 0.25) is 0 Å². The summed E-state index contributed by atoms with van der Waals surface area (Å²) in [6.07, 6.45) is 1.46. The Bertz CT molecular complexity index is 1340. The van der Waals surface area contributed by atoms with Crippen molar-refractivity contribution in [2.45, 2.75) is 13.5 Å². The van der Waals surface area contributed by atoms with E-state index in [1.807, 2.05) is 31.2 Å². The number of phenolic OH excluding ortho intramolecular Hbond substituents is 2. The van der Waals surface area contributed by atoms with E-state index in [4.69, 9.17) is 9.47 Å². The number of aromatic hydroxyl groups is 2. The van der Waals surface area contributed by atoms with E-state index in [1.54, 1.807) is 18.2 Å². The first-order chi connectivity index (χ1) is 16.5. The average Bonchev–Trinajstić information content (AvgIpc) is 2.83. The molecule has 3 N–H and O–H groups in total. The Morgan fingerprint density at radius 3 is 2.59 bits per heavy atom. The Hall–Kier alpha value is -4.52. The maximum Gasteiger partial charge on any atom is 0.275 e. The summed E-state index contributed by atoms with van der Waals surface area (Å²) in [4.78, 5) is 12.2. The molecule has 0 aromatic heterocycles. The van der Waals surface area contributed by atoms with Crippen LogP contribution in [-0.4, -0.2) is 28.9 Å². The zero-order valence-electron chi connectivity index (χ0n) is 18.6. The summed E-state index contributed by atoms with van der Waals surface area (Å²) in [7, 11) is 0. The van der Waals surface area contributed by atoms with E-state index in [9.17, 15) is 15.0 Å². The average molecular weight is 456 g/mol. The molecule has 0 spiro atoms. The fraction of sp³-hybridized carbons (Fsp3) is 0.111. The lowest BCUT2D eigenvalue weighted by molar-refractivity contribution is 0.0952. The third-order valence-corrected chi connectivity index (χ3v) is 5.14. The normalized spacial score (nSPS) is 11.0. The van der Waals surface area contributed by atoms with Crippen LogP contribution in [0.2, 0.25) is 0 Å². The molecule has 0 bridgehead atoms. The summed E-state index contributed by atoms with van der Waals surface area (Å²) in [6.45, 7) is 2.74. The lowest BCUT2D eigenvalue weighted by Gasteiger charge is -2.13. The molecular formula is C27H24N2O5. The van der Waals surface area contributed by atoms with Crippen molar-refractivity contribution in [3.63, 3.8) is 0 Å². The third kappa shape index (κ3) is 5.27. The van der Waals surface area contributed by atoms with Crippen molar-refractivity contribution in [2.24, 2.45) is 5.10 Å². The van der Waals surface area contributed by atoms with E-state index in [-0.39, 0.29) is 17.1 Å². The van der Waals surface area contributed by atoms with Crippen molar-refractivity contribution in [3.8, 4) is 23.0 Å². The minimum Gasteiger partial charge on any atom is -0.508 e. The highest BCUT2D eigenvalue weighted by molar-refractivity contribution is 5.97. The highest BCUT2D eigenvalue weighted by Gasteiger charge is 2.11. The van der Waals surface area contributed by atoms with Crippen LogP contribution in [-0.2, 0) is 6.61 Å². The first-order valence-corrected chi connectivity index (χ1v) is 10.8. The van der Waals surface area contributed by atoms with E-state index >= 15 is 0 Å². The van der Waals surface area contributed by atoms with Crippen LogP contribution in [0.3, 0.4) is 0 Å². The van der Waals surface area contributed by atoms with Gasteiger partial charge in [-0.15, -0.1) is 0 Å². The maximum absolute atomic E-state index is 12.2. The quantitative estimate of drug-likeness (QED) is 0.256. The summed E-state index contributed by atoms with van der Waals surface area (Å²) in [5, 5.41) is 25.4. The number of hydrogen-bond donors (Lipinski definition) is 3. The summed E-state index contributed by atoms with van der Waals surface area (Å²) in [5.41, 5.74) is 4.12. The second-order valence-corrected chi connectivity index (χ2v) is 7.47. The van der Waals surface area contributed by atoms with Crippen LogP contribution >= 0.6 is 0 Å². The minimum absolute atomic E-state index is 0.00198. The van der Waals surface area contributed by atoms with Crippen molar-refractivity contribution >= 4 is 22.9 Å². The number of rotatable bonds is 8. The van der Waals surface area contributed by atoms with Gasteiger partial charge in [0.15, 0.2) is 11.5 Å². The van der Waals surface area contributed by atoms with Gasteiger partial charge in [0.25, 0.3) is 5.91 Å². The van der Waals surface area contributed by atoms with Gasteiger partial charge in [-0.1, -0.05) is 42.5 Å². The van der Waals surface area contributed by atoms with Gasteiger partial charge < -0.3 is 19.7 Å². The van der Waals surface area contributed by atoms with Crippen molar-refractivity contribution in [2.75, 3.05) is 6.61 Å². The molecule has 7 heteroatoms. The van der Waals surface area contributed by atoms with Gasteiger partial charge in [-0.2, -0.15) is 5.10 Å². The van der Waals surface area contributed by atoms with Crippen molar-refractivity contribution in [1.29, 1.82) is 0 Å². The zero-order chi connectivity index (χ0) is 23.9. The van der Waals surface area contributed by atoms with Crippen LogP contribution in [0.5, 0.6) is 23.0 Å². The summed E-state index contributed by atoms with van der Waals surface area (Å²) in [6, 6.07) is 23.4. The Morgan fingerprint density at radius 1 is 0.941 bits per heavy atom. The Labute approximate surface area is 196 Å². The monoisotopic (exact) mass is 456 g/mol. The van der Waals surface area contributed by atoms with Gasteiger partial charge in [0, 0.05) is 6.07 Å². The molecule has 172 valence electrons. The number of ether oxygens (including phenoxy) is 2. The fourth-order valence-corrected chi connectivity index (χ4v) is 3.50. The van der Waals surface area contributed by atoms with Gasteiger partial charge in [-0.25, -0.2) is 5.43 Å². The van der Waals surface area contributed by atoms with Crippen LogP contribution in [0.4, 0.5) is 0 Å². The summed E-state index contributed by atoms with van der Waals surface area (Å²) >= 11 is 0. The van der Waals surface area contributed by atoms with Crippen LogP contribution in [0, 0.1) is 0 Å². The molecule has 1 amide bonds. The van der Waals surface area contributed by atoms with Crippen LogP contribution in [0.25, 0.3) is 10.8 Å². The van der Waals surface area contributed by atoms with Crippen LogP contribution in [0.15, 0.2) is 84.0 Å². The number of nitrogens with one attached hydrogen (secondary N) is 1. The number of phenols is 2. The Kier molecular flexibility index (Phi) is 6.93. The molecule has 0 aliphatic heterocycles. The molecule has 0 fully saturated rings. The van der Waals surface area contributed by atoms with E-state index in [0.717, 1.165) is 22.4 Å². The SMILES string of the molecule is CCOc1cc(C=NNC(=O)c2ccc(O)cc2O)ccc1OCc1cccc2ccccc12. The molecular weight excluding hydrogens is 432 g/mol. The predicted molar refractivity (Wildman–Crippen MR) is 131 cm³/mol. The smallest absolute Gasteiger partial charge is 0.275 e. The molecule has 4 rings (SSSR count). The van der Waals surface area contributed by atoms with E-state index in [1.165, 1.54) is 18.3 Å². The van der Waals surface area contributed by atoms with Gasteiger partial charge in [-0.3, -0.25) is 4.79 Å².